The number of ether oxygens (including phenoxy) is 2. The molecule has 13 heteroatoms. The van der Waals surface area contributed by atoms with Crippen LogP contribution in [0.3, 0.4) is 0 Å². The highest BCUT2D eigenvalue weighted by molar-refractivity contribution is 9.10. The van der Waals surface area contributed by atoms with Crippen molar-refractivity contribution in [3.8, 4) is 0 Å². The molecule has 0 aromatic rings. The predicted molar refractivity (Wildman–Crippen MR) is 121 cm³/mol. The van der Waals surface area contributed by atoms with Crippen LogP contribution in [-0.4, -0.2) is 96.4 Å². The van der Waals surface area contributed by atoms with E-state index in [9.17, 15) is 29.4 Å². The molecule has 6 fully saturated rings. The fourth-order valence-electron chi connectivity index (χ4n) is 6.10. The van der Waals surface area contributed by atoms with E-state index in [2.05, 4.69) is 0 Å². The zero-order valence-corrected chi connectivity index (χ0v) is 21.3. The van der Waals surface area contributed by atoms with Crippen molar-refractivity contribution in [2.45, 2.75) is 79.7 Å². The minimum absolute atomic E-state index is 0.115. The molecule has 1 saturated carbocycles. The molecule has 1 aliphatic carbocycles. The molecule has 6 rings (SSSR count). The maximum Gasteiger partial charge on any atom is 0.303 e. The molecule has 10 nitrogen and oxygen atoms in total. The summed E-state index contributed by atoms with van der Waals surface area (Å²) in [6.07, 6.45) is -2.26. The Labute approximate surface area is 202 Å². The molecule has 0 aromatic heterocycles. The summed E-state index contributed by atoms with van der Waals surface area (Å²) in [7, 11) is 4.90. The quantitative estimate of drug-likeness (QED) is 0.386. The highest BCUT2D eigenvalue weighted by Crippen LogP contribution is 2.69. The number of carbonyl (C=O) groups is 4. The largest absolute Gasteiger partial charge is 0.456 e. The smallest absolute Gasteiger partial charge is 0.303 e. The fourth-order valence-corrected chi connectivity index (χ4v) is 12.0. The van der Waals surface area contributed by atoms with E-state index in [1.807, 2.05) is 0 Å². The van der Waals surface area contributed by atoms with Gasteiger partial charge in [0.1, 0.15) is 5.60 Å². The number of Topliss-reactive ketones (excluding diaryl/α,β-unsaturated/α-hetero) is 1. The van der Waals surface area contributed by atoms with Crippen molar-refractivity contribution in [2.24, 2.45) is 5.41 Å². The molecule has 7 atom stereocenters. The van der Waals surface area contributed by atoms with E-state index in [1.165, 1.54) is 33.6 Å². The van der Waals surface area contributed by atoms with Gasteiger partial charge in [0, 0.05) is 26.8 Å². The highest BCUT2D eigenvalue weighted by Gasteiger charge is 2.83. The summed E-state index contributed by atoms with van der Waals surface area (Å²) in [5, 5.41) is 22.3. The zero-order chi connectivity index (χ0) is 24.4. The van der Waals surface area contributed by atoms with Crippen LogP contribution in [0.4, 0.5) is 0 Å². The summed E-state index contributed by atoms with van der Waals surface area (Å²) in [5.41, 5.74) is -4.45. The predicted octanol–water partition coefficient (Wildman–Crippen LogP) is 0.307. The Bertz CT molecular complexity index is 994. The van der Waals surface area contributed by atoms with Gasteiger partial charge in [-0.25, -0.2) is 0 Å². The third-order valence-electron chi connectivity index (χ3n) is 8.12. The average molecular weight is 519 g/mol. The topological polar surface area (TPSA) is 134 Å². The molecule has 5 heterocycles. The van der Waals surface area contributed by atoms with Crippen LogP contribution < -0.4 is 0 Å². The normalized spacial score (nSPS) is 47.8. The van der Waals surface area contributed by atoms with Crippen molar-refractivity contribution >= 4 is 55.0 Å². The molecule has 0 aromatic carbocycles. The van der Waals surface area contributed by atoms with E-state index in [1.54, 1.807) is 20.8 Å². The van der Waals surface area contributed by atoms with Gasteiger partial charge in [-0.2, -0.15) is 0 Å². The van der Waals surface area contributed by atoms with Gasteiger partial charge in [0.05, 0.1) is 24.2 Å². The van der Waals surface area contributed by atoms with E-state index in [0.717, 1.165) is 21.6 Å². The Kier molecular flexibility index (Phi) is 4.90. The number of piperazine rings is 1. The standard InChI is InChI=1S/C20H26N2O8S3/c1-9-16(3,4)12(25)18(30-9)6-11-17(28,13(18)29-10(2)24)7-19-14(26)21(5)20(8-23,32-33-31-19)15(27)22(11)19/h9,11,13,23,28H,6-8H2,1-5H3/t9-,11+,13-,17-,18-,19+,20+/m0/s1. The van der Waals surface area contributed by atoms with Crippen molar-refractivity contribution < 1.29 is 38.9 Å². The molecule has 0 unspecified atom stereocenters. The Morgan fingerprint density at radius 2 is 1.91 bits per heavy atom. The zero-order valence-electron chi connectivity index (χ0n) is 18.8. The molecular formula is C20H26N2O8S3. The van der Waals surface area contributed by atoms with Gasteiger partial charge in [0.15, 0.2) is 22.4 Å². The summed E-state index contributed by atoms with van der Waals surface area (Å²) < 4.78 is 11.8. The first-order valence-corrected chi connectivity index (χ1v) is 14.1. The first kappa shape index (κ1) is 23.7. The number of hydrogen-bond acceptors (Lipinski definition) is 11. The van der Waals surface area contributed by atoms with Gasteiger partial charge >= 0.3 is 5.97 Å². The number of ketones is 1. The Hall–Kier alpha value is -0.990. The molecular weight excluding hydrogens is 492 g/mol. The number of aliphatic hydroxyl groups is 2. The van der Waals surface area contributed by atoms with Crippen LogP contribution in [0.2, 0.25) is 0 Å². The molecule has 2 spiro atoms. The fraction of sp³-hybridized carbons (Fsp3) is 0.800. The van der Waals surface area contributed by atoms with E-state index in [4.69, 9.17) is 9.47 Å². The number of likely N-dealkylation sites (N-methyl/N-ethyl adjacent to an activating group) is 1. The summed E-state index contributed by atoms with van der Waals surface area (Å²) in [6, 6.07) is -1.02. The van der Waals surface area contributed by atoms with Crippen LogP contribution in [0.1, 0.15) is 40.5 Å². The number of rotatable bonds is 2. The highest BCUT2D eigenvalue weighted by atomic mass is 33.5. The third-order valence-corrected chi connectivity index (χ3v) is 13.2. The number of hydrogen-bond donors (Lipinski definition) is 2. The maximum absolute atomic E-state index is 13.9. The van der Waals surface area contributed by atoms with Gasteiger partial charge in [0.2, 0.25) is 4.87 Å². The number of amides is 2. The van der Waals surface area contributed by atoms with Crippen LogP contribution in [-0.2, 0) is 28.7 Å². The van der Waals surface area contributed by atoms with Gasteiger partial charge in [-0.3, -0.25) is 19.2 Å². The number of aliphatic hydroxyl groups excluding tert-OH is 1. The molecule has 0 radical (unpaired) electrons. The van der Waals surface area contributed by atoms with Crippen LogP contribution in [0, 0.1) is 5.41 Å². The van der Waals surface area contributed by atoms with E-state index < -0.39 is 69.0 Å². The van der Waals surface area contributed by atoms with Gasteiger partial charge in [-0.05, 0) is 38.3 Å². The van der Waals surface area contributed by atoms with Crippen LogP contribution in [0.5, 0.6) is 0 Å². The lowest BCUT2D eigenvalue weighted by molar-refractivity contribution is -0.189. The number of esters is 1. The Morgan fingerprint density at radius 1 is 1.24 bits per heavy atom. The van der Waals surface area contributed by atoms with Crippen molar-refractivity contribution in [3.05, 3.63) is 0 Å². The molecule has 33 heavy (non-hydrogen) atoms. The van der Waals surface area contributed by atoms with Crippen LogP contribution in [0.15, 0.2) is 0 Å². The minimum atomic E-state index is -1.89. The van der Waals surface area contributed by atoms with Crippen molar-refractivity contribution in [1.29, 1.82) is 0 Å². The second-order valence-corrected chi connectivity index (χ2v) is 14.5. The molecule has 182 valence electrons. The van der Waals surface area contributed by atoms with Crippen molar-refractivity contribution in [1.82, 2.24) is 9.80 Å². The monoisotopic (exact) mass is 518 g/mol. The number of nitrogens with zero attached hydrogens (tertiary/aromatic N) is 2. The molecule has 2 amide bonds. The first-order chi connectivity index (χ1) is 15.2. The van der Waals surface area contributed by atoms with Gasteiger partial charge in [-0.15, -0.1) is 0 Å². The summed E-state index contributed by atoms with van der Waals surface area (Å²) in [6.45, 7) is 5.80. The number of carbonyl (C=O) groups excluding carboxylic acids is 4. The van der Waals surface area contributed by atoms with Gasteiger partial charge in [0.25, 0.3) is 11.8 Å². The molecule has 5 aliphatic heterocycles. The minimum Gasteiger partial charge on any atom is -0.456 e. The van der Waals surface area contributed by atoms with Gasteiger partial charge < -0.3 is 29.5 Å². The van der Waals surface area contributed by atoms with Crippen LogP contribution >= 0.6 is 31.4 Å². The average Bonchev–Trinajstić information content (AvgIpc) is 3.10. The lowest BCUT2D eigenvalue weighted by Crippen LogP contribution is -2.73. The summed E-state index contributed by atoms with van der Waals surface area (Å²) in [4.78, 5) is 52.8. The summed E-state index contributed by atoms with van der Waals surface area (Å²) >= 11 is 0. The third kappa shape index (κ3) is 2.51. The van der Waals surface area contributed by atoms with Gasteiger partial charge in [-0.1, -0.05) is 13.8 Å². The maximum atomic E-state index is 13.9. The van der Waals surface area contributed by atoms with Crippen LogP contribution in [0.25, 0.3) is 0 Å². The van der Waals surface area contributed by atoms with E-state index in [-0.39, 0.29) is 18.6 Å². The lowest BCUT2D eigenvalue weighted by atomic mass is 9.76. The SMILES string of the molecule is CC(=O)O[C@H]1[C@]2(O)C[C@]34SSS[C@](CO)(C(=O)N3[C@@H]2C[C@@]12O[C@@H](C)C(C)(C)C2=O)N(C)C4=O. The van der Waals surface area contributed by atoms with Crippen molar-refractivity contribution in [3.63, 3.8) is 0 Å². The number of fused-ring (bicyclic) bond motifs is 4. The second-order valence-electron chi connectivity index (χ2n) is 10.1. The van der Waals surface area contributed by atoms with E-state index >= 15 is 0 Å². The lowest BCUT2D eigenvalue weighted by Gasteiger charge is -2.50. The second kappa shape index (κ2) is 6.82. The van der Waals surface area contributed by atoms with E-state index in [0.29, 0.717) is 0 Å². The molecule has 2 bridgehead atoms. The Balaban J connectivity index is 1.69. The molecule has 6 aliphatic rings. The first-order valence-electron chi connectivity index (χ1n) is 10.6. The molecule has 2 N–H and O–H groups in total. The van der Waals surface area contributed by atoms with Crippen molar-refractivity contribution in [2.75, 3.05) is 13.7 Å². The summed E-state index contributed by atoms with van der Waals surface area (Å²) in [5.74, 6) is -1.96. The Morgan fingerprint density at radius 3 is 2.45 bits per heavy atom. The molecule has 5 saturated heterocycles.